The number of hydrogen-bond donors (Lipinski definition) is 2. The van der Waals surface area contributed by atoms with Gasteiger partial charge in [-0.2, -0.15) is 0 Å². The maximum atomic E-state index is 12.7. The summed E-state index contributed by atoms with van der Waals surface area (Å²) in [5, 5.41) is 18.0. The highest BCUT2D eigenvalue weighted by Crippen LogP contribution is 2.26. The van der Waals surface area contributed by atoms with Gasteiger partial charge < -0.3 is 9.73 Å². The summed E-state index contributed by atoms with van der Waals surface area (Å²) in [5.74, 6) is 0.206. The third-order valence-corrected chi connectivity index (χ3v) is 6.56. The van der Waals surface area contributed by atoms with E-state index in [1.165, 1.54) is 0 Å². The number of benzene rings is 4. The Labute approximate surface area is 228 Å². The summed E-state index contributed by atoms with van der Waals surface area (Å²) in [4.78, 5) is 14.4. The lowest BCUT2D eigenvalue weighted by atomic mass is 10.1. The van der Waals surface area contributed by atoms with Gasteiger partial charge in [0.15, 0.2) is 10.9 Å². The summed E-state index contributed by atoms with van der Waals surface area (Å²) < 4.78 is 5.72. The van der Waals surface area contributed by atoms with Crippen molar-refractivity contribution in [3.05, 3.63) is 107 Å². The zero-order valence-corrected chi connectivity index (χ0v) is 21.7. The zero-order chi connectivity index (χ0) is 26.2. The van der Waals surface area contributed by atoms with Gasteiger partial charge in [0.25, 0.3) is 5.91 Å². The van der Waals surface area contributed by atoms with Crippen molar-refractivity contribution in [1.29, 1.82) is 0 Å². The van der Waals surface area contributed by atoms with Crippen molar-refractivity contribution in [2.75, 3.05) is 5.32 Å². The highest BCUT2D eigenvalue weighted by molar-refractivity contribution is 7.80. The normalized spacial score (nSPS) is 11.1. The number of hydrogen-bond acceptors (Lipinski definition) is 5. The molecule has 0 aliphatic rings. The minimum absolute atomic E-state index is 0.134. The molecular weight excluding hydrogens is 518 g/mol. The van der Waals surface area contributed by atoms with Crippen molar-refractivity contribution in [2.24, 2.45) is 0 Å². The van der Waals surface area contributed by atoms with Crippen molar-refractivity contribution >= 4 is 62.3 Å². The number of aromatic nitrogens is 3. The SMILES string of the molecule is Cc1cc2nn(-c3cccc4ccccc34)nc2cc1NC(=S)NC(=O)c1ccc(-c2cccc(Cl)c2)o1. The minimum Gasteiger partial charge on any atom is -0.451 e. The number of anilines is 1. The molecule has 0 radical (unpaired) electrons. The second kappa shape index (κ2) is 9.74. The average molecular weight is 538 g/mol. The van der Waals surface area contributed by atoms with Gasteiger partial charge in [0, 0.05) is 21.7 Å². The summed E-state index contributed by atoms with van der Waals surface area (Å²) in [5.41, 5.74) is 4.73. The number of carbonyl (C=O) groups excluding carboxylic acids is 1. The molecule has 4 aromatic carbocycles. The van der Waals surface area contributed by atoms with Crippen molar-refractivity contribution in [2.45, 2.75) is 6.92 Å². The van der Waals surface area contributed by atoms with Crippen LogP contribution in [0.3, 0.4) is 0 Å². The third-order valence-electron chi connectivity index (χ3n) is 6.12. The number of carbonyl (C=O) groups is 1. The van der Waals surface area contributed by atoms with Crippen molar-refractivity contribution in [3.63, 3.8) is 0 Å². The molecule has 2 N–H and O–H groups in total. The minimum atomic E-state index is -0.462. The zero-order valence-electron chi connectivity index (χ0n) is 20.1. The van der Waals surface area contributed by atoms with Gasteiger partial charge in [-0.05, 0) is 72.6 Å². The second-order valence-electron chi connectivity index (χ2n) is 8.73. The van der Waals surface area contributed by atoms with E-state index < -0.39 is 5.91 Å². The first-order valence-corrected chi connectivity index (χ1v) is 12.6. The topological polar surface area (TPSA) is 85.0 Å². The van der Waals surface area contributed by atoms with Gasteiger partial charge in [0.2, 0.25) is 0 Å². The summed E-state index contributed by atoms with van der Waals surface area (Å²) in [6.45, 7) is 1.94. The van der Waals surface area contributed by atoms with Crippen LogP contribution in [-0.4, -0.2) is 26.0 Å². The van der Waals surface area contributed by atoms with E-state index in [9.17, 15) is 4.79 Å². The molecule has 38 heavy (non-hydrogen) atoms. The van der Waals surface area contributed by atoms with Gasteiger partial charge in [-0.3, -0.25) is 10.1 Å². The van der Waals surface area contributed by atoms with Crippen LogP contribution in [0.15, 0.2) is 95.4 Å². The monoisotopic (exact) mass is 537 g/mol. The van der Waals surface area contributed by atoms with Crippen LogP contribution in [0, 0.1) is 6.92 Å². The smallest absolute Gasteiger partial charge is 0.293 e. The predicted molar refractivity (Wildman–Crippen MR) is 154 cm³/mol. The lowest BCUT2D eigenvalue weighted by Crippen LogP contribution is -2.34. The van der Waals surface area contributed by atoms with Gasteiger partial charge >= 0.3 is 0 Å². The van der Waals surface area contributed by atoms with E-state index in [0.717, 1.165) is 33.1 Å². The molecule has 0 bridgehead atoms. The van der Waals surface area contributed by atoms with Crippen LogP contribution >= 0.6 is 23.8 Å². The molecule has 0 aliphatic carbocycles. The number of nitrogens with one attached hydrogen (secondary N) is 2. The number of aryl methyl sites for hydroxylation is 1. The molecule has 1 amide bonds. The molecule has 0 atom stereocenters. The maximum absolute atomic E-state index is 12.7. The Balaban J connectivity index is 1.20. The first kappa shape index (κ1) is 23.8. The fourth-order valence-corrected chi connectivity index (χ4v) is 4.66. The molecule has 0 saturated heterocycles. The Morgan fingerprint density at radius 1 is 0.921 bits per heavy atom. The van der Waals surface area contributed by atoms with Crippen LogP contribution < -0.4 is 10.6 Å². The van der Waals surface area contributed by atoms with E-state index in [0.29, 0.717) is 22.0 Å². The lowest BCUT2D eigenvalue weighted by molar-refractivity contribution is 0.0951. The molecule has 6 rings (SSSR count). The Bertz CT molecular complexity index is 1850. The van der Waals surface area contributed by atoms with Gasteiger partial charge in [-0.15, -0.1) is 15.0 Å². The maximum Gasteiger partial charge on any atom is 0.293 e. The Hall–Kier alpha value is -4.53. The number of furan rings is 1. The molecule has 9 heteroatoms. The fraction of sp³-hybridized carbons (Fsp3) is 0.0345. The van der Waals surface area contributed by atoms with Crippen molar-refractivity contribution < 1.29 is 9.21 Å². The molecule has 186 valence electrons. The number of nitrogens with zero attached hydrogens (tertiary/aromatic N) is 3. The molecule has 0 spiro atoms. The first-order chi connectivity index (χ1) is 18.4. The van der Waals surface area contributed by atoms with E-state index in [1.807, 2.05) is 55.5 Å². The second-order valence-corrected chi connectivity index (χ2v) is 9.57. The number of fused-ring (bicyclic) bond motifs is 2. The molecule has 0 fully saturated rings. The first-order valence-electron chi connectivity index (χ1n) is 11.8. The Morgan fingerprint density at radius 3 is 2.53 bits per heavy atom. The third kappa shape index (κ3) is 4.63. The van der Waals surface area contributed by atoms with Crippen molar-refractivity contribution in [1.82, 2.24) is 20.3 Å². The van der Waals surface area contributed by atoms with Crippen LogP contribution in [0.2, 0.25) is 5.02 Å². The van der Waals surface area contributed by atoms with E-state index in [2.05, 4.69) is 33.9 Å². The van der Waals surface area contributed by atoms with E-state index >= 15 is 0 Å². The predicted octanol–water partition coefficient (Wildman–Crippen LogP) is 6.92. The molecule has 2 heterocycles. The number of rotatable bonds is 4. The van der Waals surface area contributed by atoms with E-state index in [4.69, 9.17) is 33.3 Å². The lowest BCUT2D eigenvalue weighted by Gasteiger charge is -2.10. The highest BCUT2D eigenvalue weighted by atomic mass is 35.5. The molecule has 0 unspecified atom stereocenters. The summed E-state index contributed by atoms with van der Waals surface area (Å²) in [6, 6.07) is 28.5. The van der Waals surface area contributed by atoms with Gasteiger partial charge in [0.05, 0.1) is 5.69 Å². The number of halogens is 1. The van der Waals surface area contributed by atoms with Crippen LogP contribution in [0.5, 0.6) is 0 Å². The Morgan fingerprint density at radius 2 is 1.68 bits per heavy atom. The number of thiocarbonyl (C=S) groups is 1. The molecule has 7 nitrogen and oxygen atoms in total. The van der Waals surface area contributed by atoms with Crippen LogP contribution in [-0.2, 0) is 0 Å². The standard InChI is InChI=1S/C29H20ClN5O2S/c1-17-14-23-24(34-35(33-23)25-11-5-7-18-6-2-3-10-21(18)25)16-22(17)31-29(38)32-28(36)27-13-12-26(37-27)19-8-4-9-20(30)15-19/h2-16H,1H3,(H2,31,32,36,38). The summed E-state index contributed by atoms with van der Waals surface area (Å²) in [7, 11) is 0. The Kier molecular flexibility index (Phi) is 6.11. The van der Waals surface area contributed by atoms with E-state index in [1.54, 1.807) is 29.1 Å². The largest absolute Gasteiger partial charge is 0.451 e. The van der Waals surface area contributed by atoms with Crippen molar-refractivity contribution in [3.8, 4) is 17.0 Å². The molecule has 0 saturated carbocycles. The summed E-state index contributed by atoms with van der Waals surface area (Å²) >= 11 is 11.5. The summed E-state index contributed by atoms with van der Waals surface area (Å²) in [6.07, 6.45) is 0. The van der Waals surface area contributed by atoms with Gasteiger partial charge in [0.1, 0.15) is 16.8 Å². The van der Waals surface area contributed by atoms with Gasteiger partial charge in [-0.25, -0.2) is 0 Å². The molecule has 6 aromatic rings. The fourth-order valence-electron chi connectivity index (χ4n) is 4.27. The molecular formula is C29H20ClN5O2S. The molecule has 2 aromatic heterocycles. The van der Waals surface area contributed by atoms with Crippen LogP contribution in [0.4, 0.5) is 5.69 Å². The van der Waals surface area contributed by atoms with Crippen LogP contribution in [0.25, 0.3) is 38.8 Å². The van der Waals surface area contributed by atoms with Gasteiger partial charge in [-0.1, -0.05) is 60.1 Å². The average Bonchev–Trinajstić information content (AvgIpc) is 3.56. The van der Waals surface area contributed by atoms with Crippen LogP contribution in [0.1, 0.15) is 16.1 Å². The quantitative estimate of drug-likeness (QED) is 0.237. The van der Waals surface area contributed by atoms with E-state index in [-0.39, 0.29) is 10.9 Å². The highest BCUT2D eigenvalue weighted by Gasteiger charge is 2.16. The number of amides is 1. The molecule has 0 aliphatic heterocycles.